The number of anilines is 2. The maximum absolute atomic E-state index is 12.4. The van der Waals surface area contributed by atoms with Crippen LogP contribution in [0.2, 0.25) is 0 Å². The van der Waals surface area contributed by atoms with Gasteiger partial charge < -0.3 is 19.7 Å². The van der Waals surface area contributed by atoms with Crippen molar-refractivity contribution in [2.45, 2.75) is 40.2 Å². The molecule has 2 aromatic rings. The molecule has 1 N–H and O–H groups in total. The number of hydrogen-bond donors (Lipinski definition) is 1. The normalized spacial score (nSPS) is 10.5. The summed E-state index contributed by atoms with van der Waals surface area (Å²) in [5.41, 5.74) is 1.35. The molecule has 0 aliphatic carbocycles. The largest absolute Gasteiger partial charge is 0.492 e. The Morgan fingerprint density at radius 1 is 1.07 bits per heavy atom. The summed E-state index contributed by atoms with van der Waals surface area (Å²) >= 11 is 0. The maximum Gasteiger partial charge on any atom is 0.226 e. The van der Waals surface area contributed by atoms with Gasteiger partial charge in [-0.2, -0.15) is 0 Å². The fourth-order valence-electron chi connectivity index (χ4n) is 2.72. The number of rotatable bonds is 9. The van der Waals surface area contributed by atoms with E-state index in [9.17, 15) is 9.59 Å². The minimum absolute atomic E-state index is 0.0815. The van der Waals surface area contributed by atoms with Crippen LogP contribution in [-0.4, -0.2) is 31.1 Å². The lowest BCUT2D eigenvalue weighted by atomic mass is 10.2. The molecule has 0 fully saturated rings. The molecule has 28 heavy (non-hydrogen) atoms. The van der Waals surface area contributed by atoms with Crippen molar-refractivity contribution in [1.29, 1.82) is 0 Å². The minimum atomic E-state index is -0.182. The number of carbonyl (C=O) groups excluding carboxylic acids is 2. The van der Waals surface area contributed by atoms with Crippen molar-refractivity contribution in [3.8, 4) is 11.5 Å². The summed E-state index contributed by atoms with van der Waals surface area (Å²) in [6, 6.07) is 14.6. The number of amides is 2. The quantitative estimate of drug-likeness (QED) is 0.702. The van der Waals surface area contributed by atoms with Gasteiger partial charge in [0.05, 0.1) is 18.4 Å². The highest BCUT2D eigenvalue weighted by atomic mass is 16.5. The molecule has 0 heterocycles. The lowest BCUT2D eigenvalue weighted by Gasteiger charge is -2.21. The van der Waals surface area contributed by atoms with Crippen molar-refractivity contribution >= 4 is 23.2 Å². The van der Waals surface area contributed by atoms with Crippen LogP contribution in [-0.2, 0) is 9.59 Å². The van der Waals surface area contributed by atoms with Gasteiger partial charge in [-0.15, -0.1) is 0 Å². The lowest BCUT2D eigenvalue weighted by Crippen LogP contribution is -2.32. The van der Waals surface area contributed by atoms with Gasteiger partial charge in [-0.25, -0.2) is 0 Å². The third kappa shape index (κ3) is 6.30. The summed E-state index contributed by atoms with van der Waals surface area (Å²) in [5, 5.41) is 2.85. The number of ether oxygens (including phenoxy) is 2. The zero-order chi connectivity index (χ0) is 20.5. The Kier molecular flexibility index (Phi) is 7.87. The van der Waals surface area contributed by atoms with Gasteiger partial charge in [0, 0.05) is 25.6 Å². The molecule has 2 aromatic carbocycles. The first-order valence-electron chi connectivity index (χ1n) is 9.47. The highest BCUT2D eigenvalue weighted by Gasteiger charge is 2.15. The van der Waals surface area contributed by atoms with E-state index in [2.05, 4.69) is 5.32 Å². The molecule has 0 aliphatic rings. The van der Waals surface area contributed by atoms with E-state index >= 15 is 0 Å². The smallest absolute Gasteiger partial charge is 0.226 e. The van der Waals surface area contributed by atoms with Gasteiger partial charge >= 0.3 is 0 Å². The third-order valence-electron chi connectivity index (χ3n) is 3.92. The fraction of sp³-hybridized carbons (Fsp3) is 0.364. The number of hydrogen-bond acceptors (Lipinski definition) is 4. The topological polar surface area (TPSA) is 67.9 Å². The third-order valence-corrected chi connectivity index (χ3v) is 3.92. The summed E-state index contributed by atoms with van der Waals surface area (Å²) in [4.78, 5) is 26.0. The Morgan fingerprint density at radius 3 is 2.36 bits per heavy atom. The van der Waals surface area contributed by atoms with E-state index in [1.54, 1.807) is 11.0 Å². The summed E-state index contributed by atoms with van der Waals surface area (Å²) in [6.07, 6.45) is 0.252. The number of para-hydroxylation sites is 2. The van der Waals surface area contributed by atoms with Gasteiger partial charge in [-0.1, -0.05) is 12.1 Å². The SMILES string of the molecule is CCOc1ccccc1NC(=O)CCN(C(C)=O)c1ccc(OC(C)C)cc1. The van der Waals surface area contributed by atoms with Crippen LogP contribution < -0.4 is 19.7 Å². The Hall–Kier alpha value is -3.02. The molecule has 150 valence electrons. The monoisotopic (exact) mass is 384 g/mol. The van der Waals surface area contributed by atoms with E-state index in [1.165, 1.54) is 6.92 Å². The molecule has 0 spiro atoms. The van der Waals surface area contributed by atoms with Crippen molar-refractivity contribution < 1.29 is 19.1 Å². The minimum Gasteiger partial charge on any atom is -0.492 e. The van der Waals surface area contributed by atoms with Crippen LogP contribution in [0, 0.1) is 0 Å². The van der Waals surface area contributed by atoms with E-state index in [0.29, 0.717) is 18.0 Å². The second-order valence-corrected chi connectivity index (χ2v) is 6.56. The van der Waals surface area contributed by atoms with Crippen molar-refractivity contribution in [3.63, 3.8) is 0 Å². The highest BCUT2D eigenvalue weighted by molar-refractivity contribution is 5.95. The predicted octanol–water partition coefficient (Wildman–Crippen LogP) is 4.25. The van der Waals surface area contributed by atoms with Gasteiger partial charge in [0.1, 0.15) is 11.5 Å². The Bertz CT molecular complexity index is 787. The zero-order valence-corrected chi connectivity index (χ0v) is 16.9. The molecule has 6 nitrogen and oxygen atoms in total. The zero-order valence-electron chi connectivity index (χ0n) is 16.9. The molecule has 0 radical (unpaired) electrons. The second kappa shape index (κ2) is 10.3. The first kappa shape index (κ1) is 21.3. The van der Waals surface area contributed by atoms with Crippen LogP contribution in [0.15, 0.2) is 48.5 Å². The van der Waals surface area contributed by atoms with Gasteiger partial charge in [0.2, 0.25) is 11.8 Å². The molecule has 0 saturated carbocycles. The van der Waals surface area contributed by atoms with Gasteiger partial charge in [-0.05, 0) is 57.2 Å². The standard InChI is InChI=1S/C22H28N2O4/c1-5-27-21-9-7-6-8-20(21)23-22(26)14-15-24(17(4)25)18-10-12-19(13-11-18)28-16(2)3/h6-13,16H,5,14-15H2,1-4H3,(H,23,26). The molecule has 0 bridgehead atoms. The van der Waals surface area contributed by atoms with E-state index in [-0.39, 0.29) is 30.9 Å². The lowest BCUT2D eigenvalue weighted by molar-refractivity contribution is -0.117. The number of benzene rings is 2. The molecule has 2 rings (SSSR count). The van der Waals surface area contributed by atoms with Crippen LogP contribution in [0.4, 0.5) is 11.4 Å². The molecular formula is C22H28N2O4. The van der Waals surface area contributed by atoms with E-state index in [0.717, 1.165) is 11.4 Å². The number of nitrogens with zero attached hydrogens (tertiary/aromatic N) is 1. The first-order chi connectivity index (χ1) is 13.4. The van der Waals surface area contributed by atoms with Crippen LogP contribution >= 0.6 is 0 Å². The highest BCUT2D eigenvalue weighted by Crippen LogP contribution is 2.24. The Balaban J connectivity index is 1.99. The molecule has 0 unspecified atom stereocenters. The molecule has 0 aromatic heterocycles. The van der Waals surface area contributed by atoms with Gasteiger partial charge in [0.15, 0.2) is 0 Å². The molecular weight excluding hydrogens is 356 g/mol. The van der Waals surface area contributed by atoms with Crippen LogP contribution in [0.5, 0.6) is 11.5 Å². The van der Waals surface area contributed by atoms with Crippen molar-refractivity contribution in [2.24, 2.45) is 0 Å². The number of nitrogens with one attached hydrogen (secondary N) is 1. The summed E-state index contributed by atoms with van der Waals surface area (Å²) in [7, 11) is 0. The average Bonchev–Trinajstić information content (AvgIpc) is 2.64. The summed E-state index contributed by atoms with van der Waals surface area (Å²) in [6.45, 7) is 8.09. The van der Waals surface area contributed by atoms with Crippen molar-refractivity contribution in [3.05, 3.63) is 48.5 Å². The molecule has 0 saturated heterocycles. The van der Waals surface area contributed by atoms with Gasteiger partial charge in [0.25, 0.3) is 0 Å². The molecule has 0 atom stereocenters. The number of carbonyl (C=O) groups is 2. The predicted molar refractivity (Wildman–Crippen MR) is 111 cm³/mol. The van der Waals surface area contributed by atoms with E-state index in [4.69, 9.17) is 9.47 Å². The van der Waals surface area contributed by atoms with Crippen molar-refractivity contribution in [1.82, 2.24) is 0 Å². The Morgan fingerprint density at radius 2 is 1.75 bits per heavy atom. The van der Waals surface area contributed by atoms with Crippen LogP contribution in [0.3, 0.4) is 0 Å². The van der Waals surface area contributed by atoms with E-state index < -0.39 is 0 Å². The van der Waals surface area contributed by atoms with E-state index in [1.807, 2.05) is 63.2 Å². The first-order valence-corrected chi connectivity index (χ1v) is 9.47. The summed E-state index contributed by atoms with van der Waals surface area (Å²) in [5.74, 6) is 1.06. The molecule has 6 heteroatoms. The summed E-state index contributed by atoms with van der Waals surface area (Å²) < 4.78 is 11.1. The maximum atomic E-state index is 12.4. The van der Waals surface area contributed by atoms with Crippen molar-refractivity contribution in [2.75, 3.05) is 23.4 Å². The van der Waals surface area contributed by atoms with Gasteiger partial charge in [-0.3, -0.25) is 9.59 Å². The van der Waals surface area contributed by atoms with Crippen LogP contribution in [0.1, 0.15) is 34.1 Å². The average molecular weight is 384 g/mol. The fourth-order valence-corrected chi connectivity index (χ4v) is 2.72. The molecule has 0 aliphatic heterocycles. The Labute approximate surface area is 166 Å². The second-order valence-electron chi connectivity index (χ2n) is 6.56. The van der Waals surface area contributed by atoms with Crippen LogP contribution in [0.25, 0.3) is 0 Å². The molecule has 2 amide bonds.